The van der Waals surface area contributed by atoms with Crippen LogP contribution < -0.4 is 11.1 Å². The maximum atomic E-state index is 12.1. The van der Waals surface area contributed by atoms with E-state index >= 15 is 0 Å². The summed E-state index contributed by atoms with van der Waals surface area (Å²) in [5.74, 6) is -1.72. The van der Waals surface area contributed by atoms with Crippen molar-refractivity contribution in [3.63, 3.8) is 0 Å². The minimum Gasteiger partial charge on any atom is -0.356 e. The van der Waals surface area contributed by atoms with E-state index in [0.29, 0.717) is 24.4 Å². The predicted molar refractivity (Wildman–Crippen MR) is 64.7 cm³/mol. The van der Waals surface area contributed by atoms with E-state index in [-0.39, 0.29) is 31.3 Å². The fourth-order valence-corrected chi connectivity index (χ4v) is 1.78. The van der Waals surface area contributed by atoms with Crippen LogP contribution in [0.25, 0.3) is 0 Å². The first-order chi connectivity index (χ1) is 8.33. The van der Waals surface area contributed by atoms with Crippen molar-refractivity contribution in [3.8, 4) is 0 Å². The molecule has 5 nitrogen and oxygen atoms in total. The fourth-order valence-electron chi connectivity index (χ4n) is 1.78. The van der Waals surface area contributed by atoms with E-state index in [9.17, 15) is 22.8 Å². The Kier molecular flexibility index (Phi) is 7.14. The average Bonchev–Trinajstić information content (AvgIpc) is 2.58. The molecule has 0 aromatic rings. The maximum Gasteiger partial charge on any atom is 0.406 e. The number of carbonyl (C=O) groups excluding carboxylic acids is 2. The van der Waals surface area contributed by atoms with Crippen LogP contribution in [0.15, 0.2) is 0 Å². The van der Waals surface area contributed by atoms with Crippen LogP contribution in [-0.4, -0.2) is 49.1 Å². The number of hydrogen-bond acceptors (Lipinski definition) is 3. The highest BCUT2D eigenvalue weighted by Crippen LogP contribution is 2.23. The first kappa shape index (κ1) is 18.0. The Labute approximate surface area is 115 Å². The van der Waals surface area contributed by atoms with Gasteiger partial charge in [0.1, 0.15) is 6.54 Å². The average molecular weight is 304 g/mol. The van der Waals surface area contributed by atoms with Crippen LogP contribution in [0.3, 0.4) is 0 Å². The summed E-state index contributed by atoms with van der Waals surface area (Å²) in [6, 6.07) is 0. The molecule has 1 rings (SSSR count). The SMILES string of the molecule is Cl.NCCCNC(=O)C1CC(=O)N(CC(F)(F)F)C1. The van der Waals surface area contributed by atoms with Gasteiger partial charge in [-0.3, -0.25) is 9.59 Å². The Morgan fingerprint density at radius 3 is 2.63 bits per heavy atom. The number of carbonyl (C=O) groups is 2. The van der Waals surface area contributed by atoms with Gasteiger partial charge >= 0.3 is 6.18 Å². The number of hydrogen-bond donors (Lipinski definition) is 2. The Balaban J connectivity index is 0.00000324. The van der Waals surface area contributed by atoms with E-state index in [0.717, 1.165) is 0 Å². The molecule has 1 unspecified atom stereocenters. The van der Waals surface area contributed by atoms with E-state index in [4.69, 9.17) is 5.73 Å². The Hall–Kier alpha value is -1.02. The molecule has 1 aliphatic rings. The molecular weight excluding hydrogens is 287 g/mol. The summed E-state index contributed by atoms with van der Waals surface area (Å²) in [6.45, 7) is -0.672. The van der Waals surface area contributed by atoms with E-state index < -0.39 is 24.5 Å². The van der Waals surface area contributed by atoms with E-state index in [1.165, 1.54) is 0 Å². The monoisotopic (exact) mass is 303 g/mol. The second-order valence-electron chi connectivity index (χ2n) is 4.22. The van der Waals surface area contributed by atoms with Gasteiger partial charge < -0.3 is 16.0 Å². The number of halogens is 4. The smallest absolute Gasteiger partial charge is 0.356 e. The number of amides is 2. The quantitative estimate of drug-likeness (QED) is 0.717. The summed E-state index contributed by atoms with van der Waals surface area (Å²) in [5.41, 5.74) is 5.24. The fraction of sp³-hybridized carbons (Fsp3) is 0.800. The molecule has 1 atom stereocenters. The molecule has 1 fully saturated rings. The summed E-state index contributed by atoms with van der Waals surface area (Å²) in [7, 11) is 0. The zero-order valence-corrected chi connectivity index (χ0v) is 11.0. The molecule has 1 heterocycles. The van der Waals surface area contributed by atoms with Crippen LogP contribution in [0.5, 0.6) is 0 Å². The van der Waals surface area contributed by atoms with E-state index in [2.05, 4.69) is 5.32 Å². The van der Waals surface area contributed by atoms with Crippen LogP contribution in [-0.2, 0) is 9.59 Å². The highest BCUT2D eigenvalue weighted by molar-refractivity contribution is 5.89. The van der Waals surface area contributed by atoms with Gasteiger partial charge in [-0.2, -0.15) is 13.2 Å². The van der Waals surface area contributed by atoms with Crippen molar-refractivity contribution in [1.82, 2.24) is 10.2 Å². The molecule has 0 aliphatic carbocycles. The van der Waals surface area contributed by atoms with Gasteiger partial charge in [-0.25, -0.2) is 0 Å². The third-order valence-electron chi connectivity index (χ3n) is 2.64. The minimum atomic E-state index is -4.43. The van der Waals surface area contributed by atoms with Crippen molar-refractivity contribution in [2.75, 3.05) is 26.2 Å². The Bertz CT molecular complexity index is 326. The maximum absolute atomic E-state index is 12.1. The van der Waals surface area contributed by atoms with Gasteiger partial charge in [0.2, 0.25) is 11.8 Å². The topological polar surface area (TPSA) is 75.4 Å². The van der Waals surface area contributed by atoms with E-state index in [1.807, 2.05) is 0 Å². The van der Waals surface area contributed by atoms with Gasteiger partial charge in [-0.15, -0.1) is 12.4 Å². The van der Waals surface area contributed by atoms with Crippen molar-refractivity contribution in [1.29, 1.82) is 0 Å². The van der Waals surface area contributed by atoms with Crippen molar-refractivity contribution in [3.05, 3.63) is 0 Å². The molecule has 0 radical (unpaired) electrons. The molecule has 0 bridgehead atoms. The van der Waals surface area contributed by atoms with Crippen molar-refractivity contribution in [2.24, 2.45) is 11.7 Å². The molecule has 19 heavy (non-hydrogen) atoms. The normalized spacial score (nSPS) is 19.3. The lowest BCUT2D eigenvalue weighted by molar-refractivity contribution is -0.157. The molecule has 0 spiro atoms. The third kappa shape index (κ3) is 6.11. The van der Waals surface area contributed by atoms with E-state index in [1.54, 1.807) is 0 Å². The first-order valence-corrected chi connectivity index (χ1v) is 5.66. The summed E-state index contributed by atoms with van der Waals surface area (Å²) < 4.78 is 36.4. The van der Waals surface area contributed by atoms with Crippen LogP contribution >= 0.6 is 12.4 Å². The van der Waals surface area contributed by atoms with Crippen molar-refractivity contribution >= 4 is 24.2 Å². The third-order valence-corrected chi connectivity index (χ3v) is 2.64. The summed E-state index contributed by atoms with van der Waals surface area (Å²) in [6.07, 6.45) is -4.00. The molecule has 112 valence electrons. The highest BCUT2D eigenvalue weighted by Gasteiger charge is 2.40. The second-order valence-corrected chi connectivity index (χ2v) is 4.22. The molecule has 1 aliphatic heterocycles. The van der Waals surface area contributed by atoms with Crippen LogP contribution in [0, 0.1) is 5.92 Å². The zero-order valence-electron chi connectivity index (χ0n) is 10.2. The number of nitrogens with zero attached hydrogens (tertiary/aromatic N) is 1. The van der Waals surface area contributed by atoms with Crippen molar-refractivity contribution < 1.29 is 22.8 Å². The first-order valence-electron chi connectivity index (χ1n) is 5.66. The van der Waals surface area contributed by atoms with Gasteiger partial charge in [0.25, 0.3) is 0 Å². The van der Waals surface area contributed by atoms with Crippen LogP contribution in [0.2, 0.25) is 0 Å². The standard InChI is InChI=1S/C10H16F3N3O2.ClH/c11-10(12,13)6-16-5-7(4-8(16)17)9(18)15-3-1-2-14;/h7H,1-6,14H2,(H,15,18);1H. The number of rotatable bonds is 5. The lowest BCUT2D eigenvalue weighted by Crippen LogP contribution is -2.37. The molecule has 2 amide bonds. The van der Waals surface area contributed by atoms with Gasteiger partial charge in [-0.1, -0.05) is 0 Å². The molecule has 3 N–H and O–H groups in total. The number of likely N-dealkylation sites (tertiary alicyclic amines) is 1. The minimum absolute atomic E-state index is 0. The summed E-state index contributed by atoms with van der Waals surface area (Å²) in [5, 5.41) is 2.55. The van der Waals surface area contributed by atoms with Gasteiger partial charge in [0.05, 0.1) is 5.92 Å². The van der Waals surface area contributed by atoms with Gasteiger partial charge in [0, 0.05) is 19.5 Å². The molecule has 9 heteroatoms. The molecular formula is C10H17ClF3N3O2. The molecule has 0 aromatic carbocycles. The molecule has 1 saturated heterocycles. The lowest BCUT2D eigenvalue weighted by Gasteiger charge is -2.18. The van der Waals surface area contributed by atoms with Crippen molar-refractivity contribution in [2.45, 2.75) is 19.0 Å². The second kappa shape index (κ2) is 7.54. The Morgan fingerprint density at radius 1 is 1.47 bits per heavy atom. The predicted octanol–water partition coefficient (Wildman–Crippen LogP) is 0.284. The number of nitrogens with two attached hydrogens (primary N) is 1. The molecule has 0 saturated carbocycles. The highest BCUT2D eigenvalue weighted by atomic mass is 35.5. The van der Waals surface area contributed by atoms with Gasteiger partial charge in [-0.05, 0) is 13.0 Å². The Morgan fingerprint density at radius 2 is 2.11 bits per heavy atom. The molecule has 0 aromatic heterocycles. The number of alkyl halides is 3. The van der Waals surface area contributed by atoms with Crippen LogP contribution in [0.1, 0.15) is 12.8 Å². The van der Waals surface area contributed by atoms with Gasteiger partial charge in [0.15, 0.2) is 0 Å². The van der Waals surface area contributed by atoms with Crippen LogP contribution in [0.4, 0.5) is 13.2 Å². The zero-order chi connectivity index (χ0) is 13.8. The summed E-state index contributed by atoms with van der Waals surface area (Å²) >= 11 is 0. The number of nitrogens with one attached hydrogen (secondary N) is 1. The largest absolute Gasteiger partial charge is 0.406 e. The lowest BCUT2D eigenvalue weighted by atomic mass is 10.1. The summed E-state index contributed by atoms with van der Waals surface area (Å²) in [4.78, 5) is 23.6.